The van der Waals surface area contributed by atoms with Crippen LogP contribution in [0.15, 0.2) is 12.1 Å². The van der Waals surface area contributed by atoms with Crippen molar-refractivity contribution >= 4 is 17.0 Å². The van der Waals surface area contributed by atoms with Gasteiger partial charge in [0.05, 0.1) is 17.1 Å². The van der Waals surface area contributed by atoms with Crippen LogP contribution in [0.25, 0.3) is 11.0 Å². The van der Waals surface area contributed by atoms with Gasteiger partial charge in [-0.2, -0.15) is 0 Å². The maximum absolute atomic E-state index is 11.2. The summed E-state index contributed by atoms with van der Waals surface area (Å²) in [6.07, 6.45) is 1.98. The summed E-state index contributed by atoms with van der Waals surface area (Å²) in [5.41, 5.74) is 4.02. The molecule has 0 radical (unpaired) electrons. The largest absolute Gasteiger partial charge is 0.480 e. The van der Waals surface area contributed by atoms with Crippen molar-refractivity contribution in [2.24, 2.45) is 0 Å². The van der Waals surface area contributed by atoms with Crippen molar-refractivity contribution < 1.29 is 14.6 Å². The van der Waals surface area contributed by atoms with Gasteiger partial charge in [0.2, 0.25) is 0 Å². The van der Waals surface area contributed by atoms with E-state index in [0.717, 1.165) is 40.8 Å². The molecule has 2 aromatic rings. The molecular formula is C16H20N2O3. The minimum Gasteiger partial charge on any atom is -0.480 e. The summed E-state index contributed by atoms with van der Waals surface area (Å²) >= 11 is 0. The third-order valence-corrected chi connectivity index (χ3v) is 4.21. The Bertz CT molecular complexity index is 705. The number of aromatic nitrogens is 2. The molecule has 0 bridgehead atoms. The second kappa shape index (κ2) is 5.15. The van der Waals surface area contributed by atoms with E-state index in [0.29, 0.717) is 0 Å². The van der Waals surface area contributed by atoms with Crippen molar-refractivity contribution in [3.05, 3.63) is 29.1 Å². The van der Waals surface area contributed by atoms with E-state index in [9.17, 15) is 9.90 Å². The summed E-state index contributed by atoms with van der Waals surface area (Å²) < 4.78 is 7.67. The van der Waals surface area contributed by atoms with Gasteiger partial charge >= 0.3 is 5.97 Å². The minimum absolute atomic E-state index is 0.0808. The predicted octanol–water partition coefficient (Wildman–Crippen LogP) is 2.98. The lowest BCUT2D eigenvalue weighted by molar-refractivity contribution is -0.137. The highest BCUT2D eigenvalue weighted by Crippen LogP contribution is 2.34. The van der Waals surface area contributed by atoms with E-state index in [2.05, 4.69) is 4.98 Å². The molecule has 1 saturated heterocycles. The van der Waals surface area contributed by atoms with Crippen LogP contribution in [0.1, 0.15) is 42.8 Å². The fraction of sp³-hybridized carbons (Fsp3) is 0.500. The zero-order valence-corrected chi connectivity index (χ0v) is 12.6. The predicted molar refractivity (Wildman–Crippen MR) is 79.4 cm³/mol. The number of hydrogen-bond acceptors (Lipinski definition) is 3. The van der Waals surface area contributed by atoms with Gasteiger partial charge in [-0.25, -0.2) is 4.98 Å². The average Bonchev–Trinajstić information content (AvgIpc) is 2.95. The molecule has 21 heavy (non-hydrogen) atoms. The first-order chi connectivity index (χ1) is 9.95. The Labute approximate surface area is 123 Å². The van der Waals surface area contributed by atoms with Crippen molar-refractivity contribution in [2.45, 2.75) is 52.4 Å². The van der Waals surface area contributed by atoms with E-state index < -0.39 is 5.97 Å². The van der Waals surface area contributed by atoms with Gasteiger partial charge in [0.25, 0.3) is 0 Å². The summed E-state index contributed by atoms with van der Waals surface area (Å²) in [6, 6.07) is 4.04. The number of ether oxygens (including phenoxy) is 1. The van der Waals surface area contributed by atoms with E-state index in [1.54, 1.807) is 4.57 Å². The van der Waals surface area contributed by atoms with Gasteiger partial charge in [-0.3, -0.25) is 4.79 Å². The topological polar surface area (TPSA) is 64.4 Å². The Morgan fingerprint density at radius 1 is 1.38 bits per heavy atom. The first-order valence-corrected chi connectivity index (χ1v) is 7.30. The highest BCUT2D eigenvalue weighted by molar-refractivity contribution is 5.80. The molecule has 5 heteroatoms. The number of imidazole rings is 1. The first kappa shape index (κ1) is 14.1. The zero-order valence-electron chi connectivity index (χ0n) is 12.6. The number of nitrogens with zero attached hydrogens (tertiary/aromatic N) is 2. The lowest BCUT2D eigenvalue weighted by Gasteiger charge is -2.13. The molecule has 2 atom stereocenters. The van der Waals surface area contributed by atoms with Crippen LogP contribution in [-0.2, 0) is 16.1 Å². The van der Waals surface area contributed by atoms with Crippen molar-refractivity contribution in [1.29, 1.82) is 0 Å². The number of aryl methyl sites for hydroxylation is 2. The molecule has 1 fully saturated rings. The maximum atomic E-state index is 11.2. The van der Waals surface area contributed by atoms with E-state index in [1.807, 2.05) is 32.9 Å². The van der Waals surface area contributed by atoms with Crippen LogP contribution in [0.5, 0.6) is 0 Å². The number of carbonyl (C=O) groups is 1. The molecule has 2 unspecified atom stereocenters. The summed E-state index contributed by atoms with van der Waals surface area (Å²) in [7, 11) is 0. The molecule has 1 N–H and O–H groups in total. The highest BCUT2D eigenvalue weighted by atomic mass is 16.5. The Morgan fingerprint density at radius 3 is 2.71 bits per heavy atom. The summed E-state index contributed by atoms with van der Waals surface area (Å²) in [4.78, 5) is 15.9. The summed E-state index contributed by atoms with van der Waals surface area (Å²) in [5, 5.41) is 9.20. The molecular weight excluding hydrogens is 268 g/mol. The molecule has 0 amide bonds. The number of aliphatic carboxylic acids is 1. The second-order valence-corrected chi connectivity index (χ2v) is 5.89. The fourth-order valence-corrected chi connectivity index (χ4v) is 2.94. The van der Waals surface area contributed by atoms with Crippen molar-refractivity contribution in [1.82, 2.24) is 9.55 Å². The molecule has 0 aliphatic carbocycles. The van der Waals surface area contributed by atoms with Crippen molar-refractivity contribution in [3.8, 4) is 0 Å². The highest BCUT2D eigenvalue weighted by Gasteiger charge is 2.29. The van der Waals surface area contributed by atoms with Crippen LogP contribution < -0.4 is 0 Å². The smallest absolute Gasteiger partial charge is 0.323 e. The summed E-state index contributed by atoms with van der Waals surface area (Å²) in [6.45, 7) is 6.03. The quantitative estimate of drug-likeness (QED) is 0.943. The molecule has 1 aliphatic rings. The van der Waals surface area contributed by atoms with Crippen LogP contribution in [-0.4, -0.2) is 26.7 Å². The van der Waals surface area contributed by atoms with E-state index in [-0.39, 0.29) is 18.8 Å². The molecule has 5 nitrogen and oxygen atoms in total. The maximum Gasteiger partial charge on any atom is 0.323 e. The van der Waals surface area contributed by atoms with Gasteiger partial charge in [0.15, 0.2) is 0 Å². The van der Waals surface area contributed by atoms with Crippen LogP contribution in [0, 0.1) is 13.8 Å². The van der Waals surface area contributed by atoms with Crippen LogP contribution >= 0.6 is 0 Å². The Hall–Kier alpha value is -1.88. The monoisotopic (exact) mass is 288 g/mol. The molecule has 2 heterocycles. The second-order valence-electron chi connectivity index (χ2n) is 5.89. The van der Waals surface area contributed by atoms with E-state index in [4.69, 9.17) is 4.74 Å². The third-order valence-electron chi connectivity index (χ3n) is 4.21. The zero-order chi connectivity index (χ0) is 15.1. The molecule has 1 aromatic heterocycles. The lowest BCUT2D eigenvalue weighted by atomic mass is 10.1. The SMILES string of the molecule is Cc1cc2nc(C3CCC(C)O3)n(CC(=O)O)c2cc1C. The molecule has 0 saturated carbocycles. The van der Waals surface area contributed by atoms with E-state index in [1.165, 1.54) is 0 Å². The summed E-state index contributed by atoms with van der Waals surface area (Å²) in [5.74, 6) is -0.124. The number of hydrogen-bond donors (Lipinski definition) is 1. The molecule has 1 aliphatic heterocycles. The minimum atomic E-state index is -0.861. The Morgan fingerprint density at radius 2 is 2.10 bits per heavy atom. The number of rotatable bonds is 3. The average molecular weight is 288 g/mol. The van der Waals surface area contributed by atoms with Crippen LogP contribution in [0.4, 0.5) is 0 Å². The first-order valence-electron chi connectivity index (χ1n) is 7.30. The molecule has 0 spiro atoms. The molecule has 3 rings (SSSR count). The number of carboxylic acid groups (broad SMARTS) is 1. The van der Waals surface area contributed by atoms with Gasteiger partial charge in [0, 0.05) is 0 Å². The van der Waals surface area contributed by atoms with Gasteiger partial charge < -0.3 is 14.4 Å². The van der Waals surface area contributed by atoms with Gasteiger partial charge in [-0.1, -0.05) is 0 Å². The van der Waals surface area contributed by atoms with Gasteiger partial charge in [-0.05, 0) is 56.9 Å². The van der Waals surface area contributed by atoms with E-state index >= 15 is 0 Å². The van der Waals surface area contributed by atoms with Crippen molar-refractivity contribution in [2.75, 3.05) is 0 Å². The number of benzene rings is 1. The van der Waals surface area contributed by atoms with Crippen LogP contribution in [0.2, 0.25) is 0 Å². The van der Waals surface area contributed by atoms with Crippen LogP contribution in [0.3, 0.4) is 0 Å². The Balaban J connectivity index is 2.15. The van der Waals surface area contributed by atoms with Gasteiger partial charge in [-0.15, -0.1) is 0 Å². The number of fused-ring (bicyclic) bond motifs is 1. The lowest BCUT2D eigenvalue weighted by Crippen LogP contribution is -2.15. The van der Waals surface area contributed by atoms with Crippen molar-refractivity contribution in [3.63, 3.8) is 0 Å². The molecule has 1 aromatic carbocycles. The molecule has 112 valence electrons. The third kappa shape index (κ3) is 2.53. The fourth-order valence-electron chi connectivity index (χ4n) is 2.94. The van der Waals surface area contributed by atoms with Gasteiger partial charge in [0.1, 0.15) is 18.5 Å². The standard InChI is InChI=1S/C16H20N2O3/c1-9-6-12-13(7-10(9)2)18(8-15(19)20)16(17-12)14-5-4-11(3)21-14/h6-7,11,14H,4-5,8H2,1-3H3,(H,19,20). The normalized spacial score (nSPS) is 22.0. The number of carboxylic acids is 1. The Kier molecular flexibility index (Phi) is 3.45.